The number of morpholine rings is 1. The molecule has 4 rings (SSSR count). The van der Waals surface area contributed by atoms with Crippen LogP contribution in [0.4, 0.5) is 10.3 Å². The molecule has 2 saturated heterocycles. The van der Waals surface area contributed by atoms with E-state index >= 15 is 0 Å². The van der Waals surface area contributed by atoms with Crippen LogP contribution in [0.5, 0.6) is 17.5 Å². The van der Waals surface area contributed by atoms with E-state index < -0.39 is 0 Å². The number of anilines is 1. The summed E-state index contributed by atoms with van der Waals surface area (Å²) in [6.45, 7) is 4.29. The molecule has 0 bridgehead atoms. The van der Waals surface area contributed by atoms with Crippen LogP contribution in [0.3, 0.4) is 0 Å². The molecule has 8 heteroatoms. The van der Waals surface area contributed by atoms with Gasteiger partial charge in [-0.25, -0.2) is 4.39 Å². The summed E-state index contributed by atoms with van der Waals surface area (Å²) in [5.41, 5.74) is -0.0801. The number of likely N-dealkylation sites (N-methyl/N-ethyl adjacent to an activating group) is 1. The second-order valence-corrected chi connectivity index (χ2v) is 7.36. The van der Waals surface area contributed by atoms with Crippen molar-refractivity contribution in [1.82, 2.24) is 14.9 Å². The number of ether oxygens (including phenoxy) is 3. The SMILES string of the molecule is COc1cc(Oc2cccc(F)c2)nc(N2CCC3(CC2)CN(C)CCO3)n1. The van der Waals surface area contributed by atoms with E-state index in [4.69, 9.17) is 14.2 Å². The Morgan fingerprint density at radius 1 is 1.11 bits per heavy atom. The van der Waals surface area contributed by atoms with E-state index in [2.05, 4.69) is 26.8 Å². The van der Waals surface area contributed by atoms with Gasteiger partial charge in [-0.05, 0) is 32.0 Å². The zero-order chi connectivity index (χ0) is 19.6. The van der Waals surface area contributed by atoms with Crippen LogP contribution in [-0.4, -0.2) is 67.4 Å². The van der Waals surface area contributed by atoms with Crippen LogP contribution in [0.25, 0.3) is 0 Å². The number of halogens is 1. The molecule has 0 N–H and O–H groups in total. The summed E-state index contributed by atoms with van der Waals surface area (Å²) < 4.78 is 30.6. The van der Waals surface area contributed by atoms with Crippen LogP contribution in [0.2, 0.25) is 0 Å². The first kappa shape index (κ1) is 18.9. The summed E-state index contributed by atoms with van der Waals surface area (Å²) in [6, 6.07) is 7.55. The van der Waals surface area contributed by atoms with E-state index in [0.29, 0.717) is 23.5 Å². The number of hydrogen-bond acceptors (Lipinski definition) is 7. The van der Waals surface area contributed by atoms with E-state index in [9.17, 15) is 4.39 Å². The van der Waals surface area contributed by atoms with Crippen molar-refractivity contribution in [3.05, 3.63) is 36.1 Å². The van der Waals surface area contributed by atoms with Gasteiger partial charge in [0.1, 0.15) is 11.6 Å². The van der Waals surface area contributed by atoms with E-state index in [1.54, 1.807) is 25.3 Å². The molecule has 1 aromatic carbocycles. The fourth-order valence-electron chi connectivity index (χ4n) is 3.79. The van der Waals surface area contributed by atoms with Crippen LogP contribution in [0.1, 0.15) is 12.8 Å². The summed E-state index contributed by atoms with van der Waals surface area (Å²) in [7, 11) is 3.69. The predicted molar refractivity (Wildman–Crippen MR) is 103 cm³/mol. The second kappa shape index (κ2) is 7.89. The molecule has 3 heterocycles. The molecule has 0 amide bonds. The molecular weight excluding hydrogens is 363 g/mol. The van der Waals surface area contributed by atoms with Crippen molar-refractivity contribution in [2.24, 2.45) is 0 Å². The molecule has 0 radical (unpaired) electrons. The van der Waals surface area contributed by atoms with Crippen LogP contribution < -0.4 is 14.4 Å². The highest BCUT2D eigenvalue weighted by molar-refractivity contribution is 5.39. The Hall–Kier alpha value is -2.45. The zero-order valence-corrected chi connectivity index (χ0v) is 16.2. The van der Waals surface area contributed by atoms with Gasteiger partial charge < -0.3 is 24.0 Å². The highest BCUT2D eigenvalue weighted by atomic mass is 19.1. The fraction of sp³-hybridized carbons (Fsp3) is 0.500. The lowest BCUT2D eigenvalue weighted by Gasteiger charge is -2.46. The molecule has 2 fully saturated rings. The molecule has 7 nitrogen and oxygen atoms in total. The molecule has 0 unspecified atom stereocenters. The summed E-state index contributed by atoms with van der Waals surface area (Å²) in [5, 5.41) is 0. The molecule has 2 aliphatic heterocycles. The van der Waals surface area contributed by atoms with Gasteiger partial charge in [0.05, 0.1) is 25.4 Å². The number of rotatable bonds is 4. The maximum Gasteiger partial charge on any atom is 0.231 e. The normalized spacial score (nSPS) is 19.6. The quantitative estimate of drug-likeness (QED) is 0.798. The summed E-state index contributed by atoms with van der Waals surface area (Å²) in [5.74, 6) is 1.29. The summed E-state index contributed by atoms with van der Waals surface area (Å²) >= 11 is 0. The third-order valence-corrected chi connectivity index (χ3v) is 5.29. The van der Waals surface area contributed by atoms with Crippen LogP contribution in [0, 0.1) is 5.82 Å². The van der Waals surface area contributed by atoms with Crippen molar-refractivity contribution >= 4 is 5.95 Å². The van der Waals surface area contributed by atoms with Crippen LogP contribution in [0.15, 0.2) is 30.3 Å². The van der Waals surface area contributed by atoms with Crippen LogP contribution >= 0.6 is 0 Å². The van der Waals surface area contributed by atoms with Gasteiger partial charge in [0.15, 0.2) is 0 Å². The Morgan fingerprint density at radius 3 is 2.61 bits per heavy atom. The number of hydrogen-bond donors (Lipinski definition) is 0. The maximum atomic E-state index is 13.4. The fourth-order valence-corrected chi connectivity index (χ4v) is 3.79. The number of methoxy groups -OCH3 is 1. The van der Waals surface area contributed by atoms with Gasteiger partial charge >= 0.3 is 0 Å². The van der Waals surface area contributed by atoms with Crippen molar-refractivity contribution in [3.8, 4) is 17.5 Å². The van der Waals surface area contributed by atoms with Gasteiger partial charge in [0.25, 0.3) is 0 Å². The van der Waals surface area contributed by atoms with E-state index in [-0.39, 0.29) is 11.4 Å². The molecule has 1 spiro atoms. The molecule has 0 aliphatic carbocycles. The van der Waals surface area contributed by atoms with Crippen LogP contribution in [-0.2, 0) is 4.74 Å². The second-order valence-electron chi connectivity index (χ2n) is 7.36. The monoisotopic (exact) mass is 388 g/mol. The number of piperidine rings is 1. The average molecular weight is 388 g/mol. The van der Waals surface area contributed by atoms with Crippen molar-refractivity contribution in [2.45, 2.75) is 18.4 Å². The van der Waals surface area contributed by atoms with Crippen molar-refractivity contribution in [1.29, 1.82) is 0 Å². The summed E-state index contributed by atoms with van der Waals surface area (Å²) in [6.07, 6.45) is 1.83. The summed E-state index contributed by atoms with van der Waals surface area (Å²) in [4.78, 5) is 13.4. The first-order valence-electron chi connectivity index (χ1n) is 9.49. The zero-order valence-electron chi connectivity index (χ0n) is 16.2. The Balaban J connectivity index is 1.50. The Kier molecular flexibility index (Phi) is 5.32. The Labute approximate surface area is 164 Å². The van der Waals surface area contributed by atoms with Gasteiger partial charge in [-0.3, -0.25) is 0 Å². The number of aromatic nitrogens is 2. The molecule has 1 aromatic heterocycles. The van der Waals surface area contributed by atoms with Gasteiger partial charge in [-0.2, -0.15) is 9.97 Å². The molecule has 0 atom stereocenters. The largest absolute Gasteiger partial charge is 0.481 e. The van der Waals surface area contributed by atoms with Gasteiger partial charge in [0.2, 0.25) is 17.7 Å². The van der Waals surface area contributed by atoms with Gasteiger partial charge in [-0.1, -0.05) is 6.07 Å². The predicted octanol–water partition coefficient (Wildman–Crippen LogP) is 2.72. The first-order valence-corrected chi connectivity index (χ1v) is 9.49. The lowest BCUT2D eigenvalue weighted by Crippen LogP contribution is -2.56. The minimum Gasteiger partial charge on any atom is -0.481 e. The first-order chi connectivity index (χ1) is 13.5. The number of benzene rings is 1. The number of nitrogens with zero attached hydrogens (tertiary/aromatic N) is 4. The smallest absolute Gasteiger partial charge is 0.231 e. The topological polar surface area (TPSA) is 60.0 Å². The van der Waals surface area contributed by atoms with Gasteiger partial charge in [-0.15, -0.1) is 0 Å². The van der Waals surface area contributed by atoms with E-state index in [0.717, 1.165) is 45.6 Å². The average Bonchev–Trinajstić information content (AvgIpc) is 2.68. The van der Waals surface area contributed by atoms with E-state index in [1.165, 1.54) is 12.1 Å². The van der Waals surface area contributed by atoms with Crippen molar-refractivity contribution in [2.75, 3.05) is 51.8 Å². The minimum atomic E-state index is -0.363. The Morgan fingerprint density at radius 2 is 1.89 bits per heavy atom. The minimum absolute atomic E-state index is 0.0801. The third-order valence-electron chi connectivity index (χ3n) is 5.29. The van der Waals surface area contributed by atoms with Crippen molar-refractivity contribution in [3.63, 3.8) is 0 Å². The standard InChI is InChI=1S/C20H25FN4O3/c1-24-10-11-27-20(14-24)6-8-25(9-7-20)19-22-17(26-2)13-18(23-19)28-16-5-3-4-15(21)12-16/h3-5,12-13H,6-11,14H2,1-2H3. The maximum absolute atomic E-state index is 13.4. The van der Waals surface area contributed by atoms with Gasteiger partial charge in [0, 0.05) is 32.2 Å². The molecular formula is C20H25FN4O3. The molecule has 150 valence electrons. The lowest BCUT2D eigenvalue weighted by atomic mass is 9.89. The Bertz CT molecular complexity index is 827. The van der Waals surface area contributed by atoms with Crippen molar-refractivity contribution < 1.29 is 18.6 Å². The molecule has 2 aliphatic rings. The molecule has 2 aromatic rings. The molecule has 28 heavy (non-hydrogen) atoms. The highest BCUT2D eigenvalue weighted by Crippen LogP contribution is 2.32. The third kappa shape index (κ3) is 4.18. The van der Waals surface area contributed by atoms with E-state index in [1.807, 2.05) is 0 Å². The molecule has 0 saturated carbocycles. The lowest BCUT2D eigenvalue weighted by molar-refractivity contribution is -0.115. The highest BCUT2D eigenvalue weighted by Gasteiger charge is 2.39.